The molecule has 2 rings (SSSR count). The molecule has 18 heavy (non-hydrogen) atoms. The molecule has 6 heteroatoms. The van der Waals surface area contributed by atoms with Crippen molar-refractivity contribution in [2.75, 3.05) is 12.8 Å². The highest BCUT2D eigenvalue weighted by Crippen LogP contribution is 2.23. The minimum Gasteiger partial charge on any atom is -0.396 e. The van der Waals surface area contributed by atoms with Crippen LogP contribution in [0.15, 0.2) is 6.07 Å². The van der Waals surface area contributed by atoms with Crippen LogP contribution in [0.25, 0.3) is 0 Å². The smallest absolute Gasteiger partial charge is 0.169 e. The second-order valence-electron chi connectivity index (χ2n) is 4.49. The van der Waals surface area contributed by atoms with Gasteiger partial charge in [-0.15, -0.1) is 0 Å². The number of halogens is 1. The Morgan fingerprint density at radius 3 is 2.78 bits per heavy atom. The van der Waals surface area contributed by atoms with Crippen molar-refractivity contribution in [1.82, 2.24) is 4.98 Å². The predicted molar refractivity (Wildman–Crippen MR) is 65.1 cm³/mol. The van der Waals surface area contributed by atoms with Gasteiger partial charge in [0.05, 0.1) is 30.7 Å². The molecule has 0 saturated heterocycles. The number of hydrogen-bond donors (Lipinski definition) is 2. The highest BCUT2D eigenvalue weighted by atomic mass is 19.1. The normalized spacial score (nSPS) is 22.8. The fourth-order valence-corrected chi connectivity index (χ4v) is 1.87. The number of pyridine rings is 1. The van der Waals surface area contributed by atoms with E-state index in [-0.39, 0.29) is 30.1 Å². The molecule has 0 aliphatic heterocycles. The van der Waals surface area contributed by atoms with Gasteiger partial charge in [0.1, 0.15) is 5.69 Å². The van der Waals surface area contributed by atoms with E-state index in [0.29, 0.717) is 12.3 Å². The molecule has 1 heterocycles. The number of anilines is 1. The zero-order valence-electron chi connectivity index (χ0n) is 10.4. The van der Waals surface area contributed by atoms with Crippen LogP contribution in [0, 0.1) is 5.82 Å². The monoisotopic (exact) mass is 255 g/mol. The Labute approximate surface area is 105 Å². The van der Waals surface area contributed by atoms with E-state index in [1.807, 2.05) is 0 Å². The van der Waals surface area contributed by atoms with Crippen LogP contribution in [0.3, 0.4) is 0 Å². The van der Waals surface area contributed by atoms with Gasteiger partial charge in [0.15, 0.2) is 5.82 Å². The molecular formula is C12H18FN3O2. The van der Waals surface area contributed by atoms with Gasteiger partial charge in [-0.2, -0.15) is 0 Å². The summed E-state index contributed by atoms with van der Waals surface area (Å²) in [6, 6.07) is 1.58. The summed E-state index contributed by atoms with van der Waals surface area (Å²) in [6.07, 6.45) is 2.02. The number of methoxy groups -OCH3 is 1. The second kappa shape index (κ2) is 5.60. The predicted octanol–water partition coefficient (Wildman–Crippen LogP) is 0.956. The molecule has 0 bridgehead atoms. The minimum absolute atomic E-state index is 0.0635. The van der Waals surface area contributed by atoms with Crippen molar-refractivity contribution in [3.05, 3.63) is 23.3 Å². The standard InChI is InChI=1S/C12H18FN3O2/c1-17-6-10-12(13)9(15)4-7(16-10)5-18-11-3-2-8(11)14/h4,8,11H,2-3,5-6,14H2,1H3,(H2,15,16)/t8-,11-/m1/s1. The van der Waals surface area contributed by atoms with Crippen LogP contribution in [-0.4, -0.2) is 24.2 Å². The van der Waals surface area contributed by atoms with E-state index >= 15 is 0 Å². The Morgan fingerprint density at radius 1 is 1.44 bits per heavy atom. The van der Waals surface area contributed by atoms with Crippen molar-refractivity contribution in [2.45, 2.75) is 38.2 Å². The molecule has 1 saturated carbocycles. The summed E-state index contributed by atoms with van der Waals surface area (Å²) in [7, 11) is 1.48. The number of rotatable bonds is 5. The maximum atomic E-state index is 13.6. The molecular weight excluding hydrogens is 237 g/mol. The number of nitrogens with two attached hydrogens (primary N) is 2. The second-order valence-corrected chi connectivity index (χ2v) is 4.49. The Balaban J connectivity index is 2.03. The van der Waals surface area contributed by atoms with E-state index in [4.69, 9.17) is 20.9 Å². The van der Waals surface area contributed by atoms with Crippen LogP contribution in [0.1, 0.15) is 24.2 Å². The molecule has 0 amide bonds. The zero-order chi connectivity index (χ0) is 13.1. The molecule has 0 spiro atoms. The van der Waals surface area contributed by atoms with Gasteiger partial charge >= 0.3 is 0 Å². The fourth-order valence-electron chi connectivity index (χ4n) is 1.87. The highest BCUT2D eigenvalue weighted by molar-refractivity contribution is 5.42. The van der Waals surface area contributed by atoms with E-state index in [1.165, 1.54) is 13.2 Å². The number of hydrogen-bond acceptors (Lipinski definition) is 5. The molecule has 0 aromatic carbocycles. The van der Waals surface area contributed by atoms with Crippen molar-refractivity contribution < 1.29 is 13.9 Å². The van der Waals surface area contributed by atoms with E-state index in [0.717, 1.165) is 12.8 Å². The third kappa shape index (κ3) is 2.77. The third-order valence-corrected chi connectivity index (χ3v) is 3.10. The average molecular weight is 255 g/mol. The van der Waals surface area contributed by atoms with Gasteiger partial charge in [-0.3, -0.25) is 0 Å². The average Bonchev–Trinajstić information content (AvgIpc) is 2.34. The zero-order valence-corrected chi connectivity index (χ0v) is 10.4. The maximum Gasteiger partial charge on any atom is 0.169 e. The van der Waals surface area contributed by atoms with Crippen molar-refractivity contribution in [1.29, 1.82) is 0 Å². The Morgan fingerprint density at radius 2 is 2.22 bits per heavy atom. The van der Waals surface area contributed by atoms with Crippen molar-refractivity contribution >= 4 is 5.69 Å². The van der Waals surface area contributed by atoms with E-state index < -0.39 is 5.82 Å². The van der Waals surface area contributed by atoms with Crippen LogP contribution in [0.5, 0.6) is 0 Å². The molecule has 2 atom stereocenters. The SMILES string of the molecule is COCc1nc(CO[C@@H]2CC[C@H]2N)cc(N)c1F. The Bertz CT molecular complexity index is 428. The van der Waals surface area contributed by atoms with Gasteiger partial charge in [-0.1, -0.05) is 0 Å². The maximum absolute atomic E-state index is 13.6. The van der Waals surface area contributed by atoms with Gasteiger partial charge in [-0.05, 0) is 18.9 Å². The lowest BCUT2D eigenvalue weighted by Crippen LogP contribution is -2.45. The number of nitrogens with zero attached hydrogens (tertiary/aromatic N) is 1. The van der Waals surface area contributed by atoms with Gasteiger partial charge in [0, 0.05) is 13.2 Å². The Hall–Kier alpha value is -1.24. The van der Waals surface area contributed by atoms with Crippen molar-refractivity contribution in [3.63, 3.8) is 0 Å². The molecule has 0 radical (unpaired) electrons. The van der Waals surface area contributed by atoms with E-state index in [2.05, 4.69) is 4.98 Å². The molecule has 1 aliphatic carbocycles. The van der Waals surface area contributed by atoms with Crippen molar-refractivity contribution in [3.8, 4) is 0 Å². The number of ether oxygens (including phenoxy) is 2. The summed E-state index contributed by atoms with van der Waals surface area (Å²) < 4.78 is 24.1. The van der Waals surface area contributed by atoms with Gasteiger partial charge in [0.2, 0.25) is 0 Å². The minimum atomic E-state index is -0.527. The first kappa shape index (κ1) is 13.2. The molecule has 1 fully saturated rings. The summed E-state index contributed by atoms with van der Waals surface area (Å²) in [4.78, 5) is 4.13. The van der Waals surface area contributed by atoms with Crippen LogP contribution in [-0.2, 0) is 22.7 Å². The van der Waals surface area contributed by atoms with E-state index in [9.17, 15) is 4.39 Å². The molecule has 5 nitrogen and oxygen atoms in total. The summed E-state index contributed by atoms with van der Waals surface area (Å²) in [5.41, 5.74) is 12.2. The summed E-state index contributed by atoms with van der Waals surface area (Å²) in [5, 5.41) is 0. The first-order valence-corrected chi connectivity index (χ1v) is 5.91. The molecule has 1 aromatic heterocycles. The van der Waals surface area contributed by atoms with Crippen LogP contribution >= 0.6 is 0 Å². The molecule has 1 aliphatic rings. The van der Waals surface area contributed by atoms with Crippen LogP contribution < -0.4 is 11.5 Å². The van der Waals surface area contributed by atoms with Gasteiger partial charge in [-0.25, -0.2) is 9.37 Å². The molecule has 4 N–H and O–H groups in total. The lowest BCUT2D eigenvalue weighted by Gasteiger charge is -2.33. The quantitative estimate of drug-likeness (QED) is 0.818. The van der Waals surface area contributed by atoms with E-state index in [1.54, 1.807) is 0 Å². The first-order valence-electron chi connectivity index (χ1n) is 5.91. The lowest BCUT2D eigenvalue weighted by molar-refractivity contribution is -0.0259. The first-order chi connectivity index (χ1) is 8.61. The summed E-state index contributed by atoms with van der Waals surface area (Å²) in [5.74, 6) is -0.527. The largest absolute Gasteiger partial charge is 0.396 e. The summed E-state index contributed by atoms with van der Waals surface area (Å²) >= 11 is 0. The topological polar surface area (TPSA) is 83.4 Å². The Kier molecular flexibility index (Phi) is 4.11. The van der Waals surface area contributed by atoms with Crippen molar-refractivity contribution in [2.24, 2.45) is 5.73 Å². The molecule has 0 unspecified atom stereocenters. The van der Waals surface area contributed by atoms with Crippen LogP contribution in [0.4, 0.5) is 10.1 Å². The fraction of sp³-hybridized carbons (Fsp3) is 0.583. The molecule has 100 valence electrons. The van der Waals surface area contributed by atoms with Gasteiger partial charge < -0.3 is 20.9 Å². The molecule has 1 aromatic rings. The highest BCUT2D eigenvalue weighted by Gasteiger charge is 2.28. The third-order valence-electron chi connectivity index (χ3n) is 3.10. The number of nitrogen functional groups attached to an aromatic ring is 1. The summed E-state index contributed by atoms with van der Waals surface area (Å²) in [6.45, 7) is 0.381. The lowest BCUT2D eigenvalue weighted by atomic mass is 9.90. The van der Waals surface area contributed by atoms with Crippen LogP contribution in [0.2, 0.25) is 0 Å². The van der Waals surface area contributed by atoms with Gasteiger partial charge in [0.25, 0.3) is 0 Å². The number of aromatic nitrogens is 1.